The first-order chi connectivity index (χ1) is 10.9. The zero-order valence-corrected chi connectivity index (χ0v) is 15.1. The molecular weight excluding hydrogens is 354 g/mol. The van der Waals surface area contributed by atoms with Crippen molar-refractivity contribution < 1.29 is 9.53 Å². The molecular formula is C19H20BrNO2. The van der Waals surface area contributed by atoms with Crippen molar-refractivity contribution in [2.75, 3.05) is 5.32 Å². The summed E-state index contributed by atoms with van der Waals surface area (Å²) in [7, 11) is 0. The number of halogens is 1. The molecule has 2 aromatic carbocycles. The Balaban J connectivity index is 2.09. The van der Waals surface area contributed by atoms with Crippen LogP contribution >= 0.6 is 15.9 Å². The average molecular weight is 374 g/mol. The van der Waals surface area contributed by atoms with Gasteiger partial charge in [0.25, 0.3) is 0 Å². The molecule has 4 heteroatoms. The molecule has 0 saturated heterocycles. The molecule has 3 nitrogen and oxygen atoms in total. The lowest BCUT2D eigenvalue weighted by atomic mass is 9.70. The maximum Gasteiger partial charge on any atom is 0.303 e. The Kier molecular flexibility index (Phi) is 4.19. The van der Waals surface area contributed by atoms with Gasteiger partial charge in [0.2, 0.25) is 0 Å². The van der Waals surface area contributed by atoms with Gasteiger partial charge in [0.15, 0.2) is 0 Å². The fourth-order valence-electron chi connectivity index (χ4n) is 3.30. The Morgan fingerprint density at radius 3 is 2.43 bits per heavy atom. The van der Waals surface area contributed by atoms with Crippen LogP contribution in [0.15, 0.2) is 53.0 Å². The number of ether oxygens (including phenoxy) is 1. The summed E-state index contributed by atoms with van der Waals surface area (Å²) in [5.74, 6) is -0.255. The molecule has 0 unspecified atom stereocenters. The molecule has 0 aromatic heterocycles. The third-order valence-electron chi connectivity index (χ3n) is 4.45. The lowest BCUT2D eigenvalue weighted by molar-refractivity contribution is -0.154. The van der Waals surface area contributed by atoms with Crippen LogP contribution in [0.25, 0.3) is 0 Å². The first-order valence-corrected chi connectivity index (χ1v) is 8.47. The van der Waals surface area contributed by atoms with E-state index >= 15 is 0 Å². The molecule has 23 heavy (non-hydrogen) atoms. The second-order valence-corrected chi connectivity index (χ2v) is 7.44. The molecule has 0 spiro atoms. The molecule has 0 saturated carbocycles. The number of hydrogen-bond acceptors (Lipinski definition) is 3. The van der Waals surface area contributed by atoms with Crippen LogP contribution in [-0.2, 0) is 9.53 Å². The van der Waals surface area contributed by atoms with E-state index in [1.807, 2.05) is 36.4 Å². The van der Waals surface area contributed by atoms with Crippen molar-refractivity contribution in [1.82, 2.24) is 0 Å². The summed E-state index contributed by atoms with van der Waals surface area (Å²) >= 11 is 3.48. The van der Waals surface area contributed by atoms with Crippen molar-refractivity contribution in [3.63, 3.8) is 0 Å². The maximum atomic E-state index is 11.6. The molecule has 0 aliphatic carbocycles. The second-order valence-electron chi connectivity index (χ2n) is 6.53. The molecule has 1 aliphatic rings. The van der Waals surface area contributed by atoms with Crippen LogP contribution in [0.2, 0.25) is 0 Å². The minimum Gasteiger partial charge on any atom is -0.457 e. The van der Waals surface area contributed by atoms with E-state index in [4.69, 9.17) is 4.74 Å². The van der Waals surface area contributed by atoms with Crippen LogP contribution in [0.1, 0.15) is 44.0 Å². The predicted octanol–water partition coefficient (Wildman–Crippen LogP) is 5.25. The number of benzene rings is 2. The zero-order chi connectivity index (χ0) is 16.6. The van der Waals surface area contributed by atoms with Crippen molar-refractivity contribution in [2.24, 2.45) is 5.41 Å². The molecule has 1 heterocycles. The largest absolute Gasteiger partial charge is 0.457 e. The summed E-state index contributed by atoms with van der Waals surface area (Å²) < 4.78 is 6.77. The van der Waals surface area contributed by atoms with E-state index in [0.717, 1.165) is 15.7 Å². The highest BCUT2D eigenvalue weighted by molar-refractivity contribution is 9.10. The Bertz CT molecular complexity index is 724. The Morgan fingerprint density at radius 2 is 1.78 bits per heavy atom. The van der Waals surface area contributed by atoms with Gasteiger partial charge < -0.3 is 10.1 Å². The van der Waals surface area contributed by atoms with Gasteiger partial charge >= 0.3 is 5.97 Å². The summed E-state index contributed by atoms with van der Waals surface area (Å²) in [4.78, 5) is 11.6. The number of carbonyl (C=O) groups excluding carboxylic acids is 1. The number of fused-ring (bicyclic) bond motifs is 1. The summed E-state index contributed by atoms with van der Waals surface area (Å²) in [6.07, 6.45) is -0.286. The number of anilines is 1. The Morgan fingerprint density at radius 1 is 1.13 bits per heavy atom. The van der Waals surface area contributed by atoms with Crippen molar-refractivity contribution in [3.05, 3.63) is 64.1 Å². The molecule has 2 atom stereocenters. The molecule has 1 N–H and O–H groups in total. The van der Waals surface area contributed by atoms with Crippen LogP contribution in [0.5, 0.6) is 0 Å². The fraction of sp³-hybridized carbons (Fsp3) is 0.316. The average Bonchev–Trinajstić information content (AvgIpc) is 2.51. The smallest absolute Gasteiger partial charge is 0.303 e. The standard InChI is InChI=1S/C19H20BrNO2/c1-12(22)23-18-15-6-4-5-7-16(15)21-17(19(18,2)3)13-8-10-14(20)11-9-13/h4-11,17-18,21H,1-3H3/t17-,18-/m1/s1. The summed E-state index contributed by atoms with van der Waals surface area (Å²) in [5.41, 5.74) is 2.94. The van der Waals surface area contributed by atoms with E-state index < -0.39 is 0 Å². The molecule has 120 valence electrons. The number of para-hydroxylation sites is 1. The Hall–Kier alpha value is -1.81. The highest BCUT2D eigenvalue weighted by atomic mass is 79.9. The number of carbonyl (C=O) groups is 1. The molecule has 2 aromatic rings. The normalized spacial score (nSPS) is 21.9. The van der Waals surface area contributed by atoms with Crippen molar-refractivity contribution >= 4 is 27.6 Å². The maximum absolute atomic E-state index is 11.6. The van der Waals surface area contributed by atoms with Crippen LogP contribution in [0, 0.1) is 5.41 Å². The molecule has 3 rings (SSSR count). The second kappa shape index (κ2) is 6.00. The minimum absolute atomic E-state index is 0.0508. The van der Waals surface area contributed by atoms with Crippen LogP contribution in [0.3, 0.4) is 0 Å². The van der Waals surface area contributed by atoms with E-state index in [-0.39, 0.29) is 23.5 Å². The Labute approximate surface area is 145 Å². The fourth-order valence-corrected chi connectivity index (χ4v) is 3.56. The molecule has 0 fully saturated rings. The van der Waals surface area contributed by atoms with Crippen LogP contribution in [-0.4, -0.2) is 5.97 Å². The van der Waals surface area contributed by atoms with Gasteiger partial charge in [0.1, 0.15) is 6.10 Å². The van der Waals surface area contributed by atoms with E-state index in [0.29, 0.717) is 0 Å². The van der Waals surface area contributed by atoms with E-state index in [1.165, 1.54) is 12.5 Å². The SMILES string of the molecule is CC(=O)O[C@@H]1c2ccccc2N[C@H](c2ccc(Br)cc2)C1(C)C. The topological polar surface area (TPSA) is 38.3 Å². The highest BCUT2D eigenvalue weighted by Gasteiger charge is 2.45. The van der Waals surface area contributed by atoms with Gasteiger partial charge in [-0.05, 0) is 23.8 Å². The van der Waals surface area contributed by atoms with Gasteiger partial charge in [0.05, 0.1) is 6.04 Å². The predicted molar refractivity (Wildman–Crippen MR) is 95.2 cm³/mol. The van der Waals surface area contributed by atoms with Crippen LogP contribution < -0.4 is 5.32 Å². The lowest BCUT2D eigenvalue weighted by Gasteiger charge is -2.46. The van der Waals surface area contributed by atoms with Gasteiger partial charge in [0, 0.05) is 28.1 Å². The van der Waals surface area contributed by atoms with Gasteiger partial charge in [-0.2, -0.15) is 0 Å². The van der Waals surface area contributed by atoms with Gasteiger partial charge in [-0.1, -0.05) is 60.1 Å². The van der Waals surface area contributed by atoms with E-state index in [1.54, 1.807) is 0 Å². The number of esters is 1. The third kappa shape index (κ3) is 3.00. The summed E-state index contributed by atoms with van der Waals surface area (Å²) in [6, 6.07) is 16.4. The van der Waals surface area contributed by atoms with Gasteiger partial charge in [-0.15, -0.1) is 0 Å². The molecule has 1 aliphatic heterocycles. The number of nitrogens with one attached hydrogen (secondary N) is 1. The number of hydrogen-bond donors (Lipinski definition) is 1. The van der Waals surface area contributed by atoms with Crippen LogP contribution in [0.4, 0.5) is 5.69 Å². The third-order valence-corrected chi connectivity index (χ3v) is 4.98. The molecule has 0 bridgehead atoms. The van der Waals surface area contributed by atoms with Gasteiger partial charge in [-0.25, -0.2) is 0 Å². The zero-order valence-electron chi connectivity index (χ0n) is 13.5. The summed E-state index contributed by atoms with van der Waals surface area (Å²) in [5, 5.41) is 3.62. The monoisotopic (exact) mass is 373 g/mol. The quantitative estimate of drug-likeness (QED) is 0.730. The first kappa shape index (κ1) is 16.1. The van der Waals surface area contributed by atoms with E-state index in [9.17, 15) is 4.79 Å². The minimum atomic E-state index is -0.286. The highest BCUT2D eigenvalue weighted by Crippen LogP contribution is 2.53. The van der Waals surface area contributed by atoms with Crippen molar-refractivity contribution in [3.8, 4) is 0 Å². The van der Waals surface area contributed by atoms with Gasteiger partial charge in [-0.3, -0.25) is 4.79 Å². The van der Waals surface area contributed by atoms with E-state index in [2.05, 4.69) is 47.2 Å². The number of rotatable bonds is 2. The van der Waals surface area contributed by atoms with Crippen molar-refractivity contribution in [2.45, 2.75) is 32.9 Å². The lowest BCUT2D eigenvalue weighted by Crippen LogP contribution is -2.40. The molecule has 0 amide bonds. The molecule has 0 radical (unpaired) electrons. The summed E-state index contributed by atoms with van der Waals surface area (Å²) in [6.45, 7) is 5.74. The van der Waals surface area contributed by atoms with Crippen molar-refractivity contribution in [1.29, 1.82) is 0 Å². The first-order valence-electron chi connectivity index (χ1n) is 7.68.